The van der Waals surface area contributed by atoms with Gasteiger partial charge in [0.15, 0.2) is 0 Å². The van der Waals surface area contributed by atoms with Crippen LogP contribution in [0.25, 0.3) is 0 Å². The molecule has 0 radical (unpaired) electrons. The minimum Gasteiger partial charge on any atom is -0.465 e. The van der Waals surface area contributed by atoms with Gasteiger partial charge in [-0.3, -0.25) is 0 Å². The van der Waals surface area contributed by atoms with Crippen molar-refractivity contribution >= 4 is 16.0 Å². The summed E-state index contributed by atoms with van der Waals surface area (Å²) in [6.45, 7) is 5.67. The normalized spacial score (nSPS) is 11.3. The molecule has 0 aliphatic carbocycles. The third-order valence-corrected chi connectivity index (χ3v) is 5.42. The average molecular weight is 347 g/mol. The number of carbonyl (C=O) groups excluding carboxylic acids is 1. The van der Waals surface area contributed by atoms with Gasteiger partial charge in [0.2, 0.25) is 10.0 Å². The van der Waals surface area contributed by atoms with Crippen molar-refractivity contribution in [3.8, 4) is 0 Å². The average Bonchev–Trinajstić information content (AvgIpc) is 2.51. The van der Waals surface area contributed by atoms with Gasteiger partial charge in [0.25, 0.3) is 0 Å². The van der Waals surface area contributed by atoms with Crippen LogP contribution in [0.3, 0.4) is 0 Å². The summed E-state index contributed by atoms with van der Waals surface area (Å²) in [6.07, 6.45) is 0. The first-order valence-corrected chi connectivity index (χ1v) is 8.97. The number of carbonyl (C=O) groups is 1. The molecule has 1 N–H and O–H groups in total. The molecule has 2 aromatic rings. The van der Waals surface area contributed by atoms with E-state index in [1.54, 1.807) is 38.1 Å². The SMILES string of the molecule is COC(=O)c1ccc(CNS(=O)(=O)c2c(C)cc(C)cc2C)cc1. The second-order valence-electron chi connectivity index (χ2n) is 5.74. The van der Waals surface area contributed by atoms with Gasteiger partial charge in [-0.1, -0.05) is 29.8 Å². The van der Waals surface area contributed by atoms with Gasteiger partial charge < -0.3 is 4.74 Å². The van der Waals surface area contributed by atoms with Crippen LogP contribution in [-0.2, 0) is 21.3 Å². The fourth-order valence-corrected chi connectivity index (χ4v) is 4.18. The van der Waals surface area contributed by atoms with Crippen LogP contribution in [0.4, 0.5) is 0 Å². The summed E-state index contributed by atoms with van der Waals surface area (Å²) in [7, 11) is -2.29. The number of hydrogen-bond acceptors (Lipinski definition) is 4. The smallest absolute Gasteiger partial charge is 0.337 e. The number of aryl methyl sites for hydroxylation is 3. The highest BCUT2D eigenvalue weighted by Crippen LogP contribution is 2.21. The van der Waals surface area contributed by atoms with Crippen LogP contribution < -0.4 is 4.72 Å². The Morgan fingerprint density at radius 1 is 1.04 bits per heavy atom. The molecule has 0 aliphatic heterocycles. The molecule has 0 unspecified atom stereocenters. The van der Waals surface area contributed by atoms with E-state index in [4.69, 9.17) is 0 Å². The molecule has 0 saturated carbocycles. The summed E-state index contributed by atoms with van der Waals surface area (Å²) in [5.41, 5.74) is 3.66. The summed E-state index contributed by atoms with van der Waals surface area (Å²) < 4.78 is 32.4. The second-order valence-corrected chi connectivity index (χ2v) is 7.44. The van der Waals surface area contributed by atoms with E-state index in [0.29, 0.717) is 10.5 Å². The highest BCUT2D eigenvalue weighted by Gasteiger charge is 2.19. The number of hydrogen-bond donors (Lipinski definition) is 1. The van der Waals surface area contributed by atoms with Crippen LogP contribution in [0.15, 0.2) is 41.3 Å². The van der Waals surface area contributed by atoms with Gasteiger partial charge in [-0.25, -0.2) is 17.9 Å². The van der Waals surface area contributed by atoms with Crippen molar-refractivity contribution in [2.24, 2.45) is 0 Å². The van der Waals surface area contributed by atoms with Crippen LogP contribution >= 0.6 is 0 Å². The molecule has 0 bridgehead atoms. The van der Waals surface area contributed by atoms with Gasteiger partial charge in [0.1, 0.15) is 0 Å². The first-order valence-electron chi connectivity index (χ1n) is 7.49. The number of methoxy groups -OCH3 is 1. The zero-order valence-electron chi connectivity index (χ0n) is 14.2. The van der Waals surface area contributed by atoms with Crippen LogP contribution in [0.2, 0.25) is 0 Å². The van der Waals surface area contributed by atoms with Crippen molar-refractivity contribution in [2.45, 2.75) is 32.2 Å². The predicted octanol–water partition coefficient (Wildman–Crippen LogP) is 2.88. The Labute approximate surface area is 142 Å². The van der Waals surface area contributed by atoms with Gasteiger partial charge in [-0.05, 0) is 49.6 Å². The van der Waals surface area contributed by atoms with Crippen molar-refractivity contribution in [3.05, 3.63) is 64.2 Å². The zero-order valence-corrected chi connectivity index (χ0v) is 15.0. The van der Waals surface area contributed by atoms with E-state index in [-0.39, 0.29) is 6.54 Å². The lowest BCUT2D eigenvalue weighted by molar-refractivity contribution is 0.0600. The monoisotopic (exact) mass is 347 g/mol. The lowest BCUT2D eigenvalue weighted by Gasteiger charge is -2.13. The minimum atomic E-state index is -3.61. The Morgan fingerprint density at radius 3 is 2.08 bits per heavy atom. The number of esters is 1. The maximum atomic E-state index is 12.6. The standard InChI is InChI=1S/C18H21NO4S/c1-12-9-13(2)17(14(3)10-12)24(21,22)19-11-15-5-7-16(8-6-15)18(20)23-4/h5-10,19H,11H2,1-4H3. The van der Waals surface area contributed by atoms with Gasteiger partial charge >= 0.3 is 5.97 Å². The van der Waals surface area contributed by atoms with E-state index in [2.05, 4.69) is 9.46 Å². The molecule has 0 aromatic heterocycles. The zero-order chi connectivity index (χ0) is 17.9. The van der Waals surface area contributed by atoms with Crippen LogP contribution in [0.1, 0.15) is 32.6 Å². The minimum absolute atomic E-state index is 0.149. The molecule has 0 saturated heterocycles. The van der Waals surface area contributed by atoms with E-state index in [0.717, 1.165) is 22.3 Å². The number of sulfonamides is 1. The Bertz CT molecular complexity index is 832. The van der Waals surface area contributed by atoms with Gasteiger partial charge in [-0.15, -0.1) is 0 Å². The molecule has 0 amide bonds. The summed E-state index contributed by atoms with van der Waals surface area (Å²) in [6, 6.07) is 10.3. The van der Waals surface area contributed by atoms with E-state index in [1.807, 2.05) is 19.1 Å². The third kappa shape index (κ3) is 4.01. The molecule has 0 spiro atoms. The fraction of sp³-hybridized carbons (Fsp3) is 0.278. The van der Waals surface area contributed by atoms with E-state index in [1.165, 1.54) is 7.11 Å². The highest BCUT2D eigenvalue weighted by atomic mass is 32.2. The molecule has 5 nitrogen and oxygen atoms in total. The van der Waals surface area contributed by atoms with Gasteiger partial charge in [0, 0.05) is 6.54 Å². The van der Waals surface area contributed by atoms with Crippen molar-refractivity contribution in [2.75, 3.05) is 7.11 Å². The lowest BCUT2D eigenvalue weighted by Crippen LogP contribution is -2.25. The largest absolute Gasteiger partial charge is 0.465 e. The summed E-state index contributed by atoms with van der Waals surface area (Å²) in [5.74, 6) is -0.423. The van der Waals surface area contributed by atoms with Crippen LogP contribution in [-0.4, -0.2) is 21.5 Å². The summed E-state index contributed by atoms with van der Waals surface area (Å²) in [5, 5.41) is 0. The molecule has 0 aliphatic rings. The van der Waals surface area contributed by atoms with Gasteiger partial charge in [0.05, 0.1) is 17.6 Å². The molecule has 24 heavy (non-hydrogen) atoms. The summed E-state index contributed by atoms with van der Waals surface area (Å²) in [4.78, 5) is 11.7. The second kappa shape index (κ2) is 7.15. The van der Waals surface area contributed by atoms with E-state index in [9.17, 15) is 13.2 Å². The maximum Gasteiger partial charge on any atom is 0.337 e. The Morgan fingerprint density at radius 2 is 1.58 bits per heavy atom. The maximum absolute atomic E-state index is 12.6. The molecule has 0 fully saturated rings. The quantitative estimate of drug-likeness (QED) is 0.844. The predicted molar refractivity (Wildman–Crippen MR) is 92.5 cm³/mol. The lowest BCUT2D eigenvalue weighted by atomic mass is 10.1. The molecule has 0 heterocycles. The van der Waals surface area contributed by atoms with E-state index < -0.39 is 16.0 Å². The van der Waals surface area contributed by atoms with Crippen molar-refractivity contribution in [1.82, 2.24) is 4.72 Å². The molecule has 128 valence electrons. The topological polar surface area (TPSA) is 72.5 Å². The van der Waals surface area contributed by atoms with E-state index >= 15 is 0 Å². The fourth-order valence-electron chi connectivity index (χ4n) is 2.72. The first-order chi connectivity index (χ1) is 11.2. The Hall–Kier alpha value is -2.18. The Balaban J connectivity index is 2.18. The number of benzene rings is 2. The number of rotatable bonds is 5. The van der Waals surface area contributed by atoms with Crippen molar-refractivity contribution < 1.29 is 17.9 Å². The summed E-state index contributed by atoms with van der Waals surface area (Å²) >= 11 is 0. The number of ether oxygens (including phenoxy) is 1. The van der Waals surface area contributed by atoms with Gasteiger partial charge in [-0.2, -0.15) is 0 Å². The van der Waals surface area contributed by atoms with Crippen LogP contribution in [0, 0.1) is 20.8 Å². The molecule has 2 aromatic carbocycles. The number of nitrogens with one attached hydrogen (secondary N) is 1. The van der Waals surface area contributed by atoms with Crippen molar-refractivity contribution in [1.29, 1.82) is 0 Å². The third-order valence-electron chi connectivity index (χ3n) is 3.71. The molecular formula is C18H21NO4S. The molecule has 0 atom stereocenters. The molecular weight excluding hydrogens is 326 g/mol. The molecule has 6 heteroatoms. The Kier molecular flexibility index (Phi) is 5.41. The molecule has 2 rings (SSSR count). The highest BCUT2D eigenvalue weighted by molar-refractivity contribution is 7.89. The van der Waals surface area contributed by atoms with Crippen molar-refractivity contribution in [3.63, 3.8) is 0 Å². The van der Waals surface area contributed by atoms with Crippen LogP contribution in [0.5, 0.6) is 0 Å². The first kappa shape index (κ1) is 18.2.